The highest BCUT2D eigenvalue weighted by Gasteiger charge is 2.31. The summed E-state index contributed by atoms with van der Waals surface area (Å²) in [6, 6.07) is 2.37. The lowest BCUT2D eigenvalue weighted by molar-refractivity contribution is 0.196. The standard InChI is InChI=1S/C13H19Br2NS/c1-2-8-5-3-4-6-9(8)12(16)10-7-11(14)17-13(10)15/h7-9,12H,2-6,16H2,1H3. The molecule has 2 N–H and O–H groups in total. The van der Waals surface area contributed by atoms with E-state index in [1.165, 1.54) is 45.2 Å². The molecular weight excluding hydrogens is 362 g/mol. The summed E-state index contributed by atoms with van der Waals surface area (Å²) in [5.74, 6) is 1.47. The third-order valence-corrected chi connectivity index (χ3v) is 6.38. The summed E-state index contributed by atoms with van der Waals surface area (Å²) in [7, 11) is 0. The first-order chi connectivity index (χ1) is 8.13. The number of thiophene rings is 1. The van der Waals surface area contributed by atoms with Crippen molar-refractivity contribution in [2.24, 2.45) is 17.6 Å². The van der Waals surface area contributed by atoms with Gasteiger partial charge >= 0.3 is 0 Å². The van der Waals surface area contributed by atoms with E-state index in [2.05, 4.69) is 44.8 Å². The van der Waals surface area contributed by atoms with Crippen LogP contribution in [0.3, 0.4) is 0 Å². The number of halogens is 2. The maximum absolute atomic E-state index is 6.51. The van der Waals surface area contributed by atoms with Crippen LogP contribution in [0.2, 0.25) is 0 Å². The molecule has 1 aliphatic rings. The molecule has 1 saturated carbocycles. The zero-order valence-corrected chi connectivity index (χ0v) is 14.1. The Kier molecular flexibility index (Phi) is 5.10. The Balaban J connectivity index is 2.17. The summed E-state index contributed by atoms with van der Waals surface area (Å²) < 4.78 is 2.36. The molecule has 1 fully saturated rings. The number of nitrogens with two attached hydrogens (primary N) is 1. The first-order valence-corrected chi connectivity index (χ1v) is 8.74. The molecule has 2 rings (SSSR count). The fourth-order valence-electron chi connectivity index (χ4n) is 3.03. The fourth-order valence-corrected chi connectivity index (χ4v) is 5.98. The van der Waals surface area contributed by atoms with Crippen LogP contribution >= 0.6 is 43.2 Å². The van der Waals surface area contributed by atoms with E-state index in [1.807, 2.05) is 0 Å². The Morgan fingerprint density at radius 2 is 2.12 bits per heavy atom. The van der Waals surface area contributed by atoms with Gasteiger partial charge < -0.3 is 5.73 Å². The Labute approximate surface area is 124 Å². The molecule has 96 valence electrons. The molecule has 0 radical (unpaired) electrons. The second kappa shape index (κ2) is 6.18. The van der Waals surface area contributed by atoms with E-state index in [-0.39, 0.29) is 6.04 Å². The van der Waals surface area contributed by atoms with Crippen LogP contribution in [0.15, 0.2) is 13.6 Å². The van der Waals surface area contributed by atoms with Crippen molar-refractivity contribution >= 4 is 43.2 Å². The van der Waals surface area contributed by atoms with E-state index in [4.69, 9.17) is 5.73 Å². The van der Waals surface area contributed by atoms with Crippen LogP contribution in [0, 0.1) is 11.8 Å². The maximum Gasteiger partial charge on any atom is 0.0758 e. The average molecular weight is 381 g/mol. The molecule has 1 aromatic heterocycles. The average Bonchev–Trinajstić information content (AvgIpc) is 2.67. The Morgan fingerprint density at radius 3 is 2.71 bits per heavy atom. The summed E-state index contributed by atoms with van der Waals surface area (Å²) in [5.41, 5.74) is 7.79. The molecule has 1 aromatic rings. The van der Waals surface area contributed by atoms with Crippen molar-refractivity contribution in [1.82, 2.24) is 0 Å². The molecule has 0 spiro atoms. The summed E-state index contributed by atoms with van der Waals surface area (Å²) in [5, 5.41) is 0. The molecule has 0 amide bonds. The van der Waals surface area contributed by atoms with Gasteiger partial charge in [-0.15, -0.1) is 11.3 Å². The van der Waals surface area contributed by atoms with E-state index in [0.29, 0.717) is 5.92 Å². The van der Waals surface area contributed by atoms with Gasteiger partial charge in [0.05, 0.1) is 7.57 Å². The van der Waals surface area contributed by atoms with Crippen LogP contribution in [0.1, 0.15) is 50.6 Å². The molecule has 1 heterocycles. The molecule has 1 nitrogen and oxygen atoms in total. The van der Waals surface area contributed by atoms with Crippen LogP contribution in [0.4, 0.5) is 0 Å². The lowest BCUT2D eigenvalue weighted by Gasteiger charge is -2.35. The lowest BCUT2D eigenvalue weighted by atomic mass is 9.73. The zero-order valence-electron chi connectivity index (χ0n) is 10.1. The van der Waals surface area contributed by atoms with Crippen molar-refractivity contribution in [1.29, 1.82) is 0 Å². The summed E-state index contributed by atoms with van der Waals surface area (Å²) >= 11 is 8.90. The van der Waals surface area contributed by atoms with Gasteiger partial charge in [0.25, 0.3) is 0 Å². The molecule has 0 aliphatic heterocycles. The zero-order chi connectivity index (χ0) is 12.4. The highest BCUT2D eigenvalue weighted by Crippen LogP contribution is 2.43. The summed E-state index contributed by atoms with van der Waals surface area (Å²) in [6.45, 7) is 2.30. The molecule has 0 saturated heterocycles. The van der Waals surface area contributed by atoms with Gasteiger partial charge in [0, 0.05) is 6.04 Å². The Hall–Kier alpha value is 0.620. The smallest absolute Gasteiger partial charge is 0.0758 e. The van der Waals surface area contributed by atoms with Gasteiger partial charge in [0.15, 0.2) is 0 Å². The second-order valence-electron chi connectivity index (χ2n) is 4.92. The Bertz CT molecular complexity index is 377. The van der Waals surface area contributed by atoms with Gasteiger partial charge in [-0.3, -0.25) is 0 Å². The molecule has 3 unspecified atom stereocenters. The van der Waals surface area contributed by atoms with Crippen LogP contribution in [0.25, 0.3) is 0 Å². The van der Waals surface area contributed by atoms with E-state index in [9.17, 15) is 0 Å². The van der Waals surface area contributed by atoms with Crippen molar-refractivity contribution in [2.75, 3.05) is 0 Å². The maximum atomic E-state index is 6.51. The summed E-state index contributed by atoms with van der Waals surface area (Å²) in [6.07, 6.45) is 6.65. The molecule has 0 bridgehead atoms. The van der Waals surface area contributed by atoms with Crippen molar-refractivity contribution in [3.63, 3.8) is 0 Å². The number of hydrogen-bond acceptors (Lipinski definition) is 2. The monoisotopic (exact) mass is 379 g/mol. The largest absolute Gasteiger partial charge is 0.324 e. The van der Waals surface area contributed by atoms with E-state index >= 15 is 0 Å². The van der Waals surface area contributed by atoms with E-state index in [0.717, 1.165) is 5.92 Å². The molecule has 17 heavy (non-hydrogen) atoms. The molecule has 1 aliphatic carbocycles. The quantitative estimate of drug-likeness (QED) is 0.736. The van der Waals surface area contributed by atoms with E-state index in [1.54, 1.807) is 11.3 Å². The summed E-state index contributed by atoms with van der Waals surface area (Å²) in [4.78, 5) is 0. The van der Waals surface area contributed by atoms with Crippen LogP contribution in [-0.4, -0.2) is 0 Å². The topological polar surface area (TPSA) is 26.0 Å². The first-order valence-electron chi connectivity index (χ1n) is 6.33. The molecular formula is C13H19Br2NS. The van der Waals surface area contributed by atoms with Crippen LogP contribution in [0.5, 0.6) is 0 Å². The van der Waals surface area contributed by atoms with Crippen molar-refractivity contribution < 1.29 is 0 Å². The minimum absolute atomic E-state index is 0.192. The highest BCUT2D eigenvalue weighted by atomic mass is 79.9. The second-order valence-corrected chi connectivity index (χ2v) is 8.67. The van der Waals surface area contributed by atoms with Gasteiger partial charge in [-0.05, 0) is 61.7 Å². The van der Waals surface area contributed by atoms with Gasteiger partial charge in [-0.1, -0.05) is 32.6 Å². The van der Waals surface area contributed by atoms with Gasteiger partial charge in [-0.25, -0.2) is 0 Å². The number of rotatable bonds is 3. The van der Waals surface area contributed by atoms with Crippen molar-refractivity contribution in [3.05, 3.63) is 19.2 Å². The number of hydrogen-bond donors (Lipinski definition) is 1. The molecule has 0 aromatic carbocycles. The van der Waals surface area contributed by atoms with E-state index < -0.39 is 0 Å². The predicted octanol–water partition coefficient (Wildman–Crippen LogP) is 5.49. The normalized spacial score (nSPS) is 27.1. The molecule has 4 heteroatoms. The Morgan fingerprint density at radius 1 is 1.41 bits per heavy atom. The SMILES string of the molecule is CCC1CCCCC1C(N)c1cc(Br)sc1Br. The third kappa shape index (κ3) is 3.14. The van der Waals surface area contributed by atoms with Gasteiger partial charge in [0.2, 0.25) is 0 Å². The highest BCUT2D eigenvalue weighted by molar-refractivity contribution is 9.12. The van der Waals surface area contributed by atoms with Gasteiger partial charge in [-0.2, -0.15) is 0 Å². The third-order valence-electron chi connectivity index (χ3n) is 4.00. The fraction of sp³-hybridized carbons (Fsp3) is 0.692. The predicted molar refractivity (Wildman–Crippen MR) is 82.4 cm³/mol. The van der Waals surface area contributed by atoms with Crippen molar-refractivity contribution in [2.45, 2.75) is 45.1 Å². The minimum atomic E-state index is 0.192. The van der Waals surface area contributed by atoms with Crippen LogP contribution in [-0.2, 0) is 0 Å². The molecule has 3 atom stereocenters. The minimum Gasteiger partial charge on any atom is -0.324 e. The first kappa shape index (κ1) is 14.0. The van der Waals surface area contributed by atoms with Crippen LogP contribution < -0.4 is 5.73 Å². The lowest BCUT2D eigenvalue weighted by Crippen LogP contribution is -2.30. The van der Waals surface area contributed by atoms with Crippen molar-refractivity contribution in [3.8, 4) is 0 Å². The van der Waals surface area contributed by atoms with Gasteiger partial charge in [0.1, 0.15) is 0 Å².